The second-order valence-corrected chi connectivity index (χ2v) is 6.20. The van der Waals surface area contributed by atoms with Crippen LogP contribution in [0.3, 0.4) is 0 Å². The molecule has 0 fully saturated rings. The van der Waals surface area contributed by atoms with Crippen LogP contribution in [0, 0.1) is 11.3 Å². The van der Waals surface area contributed by atoms with Crippen LogP contribution in [-0.4, -0.2) is 9.78 Å². The molecule has 6 nitrogen and oxygen atoms in total. The van der Waals surface area contributed by atoms with E-state index in [0.717, 1.165) is 10.2 Å². The lowest BCUT2D eigenvalue weighted by Gasteiger charge is -2.08. The quantitative estimate of drug-likeness (QED) is 0.627. The van der Waals surface area contributed by atoms with E-state index in [9.17, 15) is 4.79 Å². The van der Waals surface area contributed by atoms with Crippen molar-refractivity contribution in [2.24, 2.45) is 0 Å². The van der Waals surface area contributed by atoms with Crippen molar-refractivity contribution in [1.82, 2.24) is 9.78 Å². The van der Waals surface area contributed by atoms with Gasteiger partial charge in [-0.15, -0.1) is 5.10 Å². The summed E-state index contributed by atoms with van der Waals surface area (Å²) in [5, 5.41) is 13.8. The van der Waals surface area contributed by atoms with Crippen LogP contribution in [0.25, 0.3) is 11.5 Å². The minimum Gasteiger partial charge on any atom is -0.489 e. The van der Waals surface area contributed by atoms with Gasteiger partial charge in [0.1, 0.15) is 12.4 Å². The molecule has 2 aromatic carbocycles. The molecule has 0 saturated carbocycles. The summed E-state index contributed by atoms with van der Waals surface area (Å²) in [5.74, 6) is 0.235. The number of halogens is 2. The monoisotopic (exact) mass is 389 g/mol. The number of nitrogens with zero attached hydrogens (tertiary/aromatic N) is 3. The van der Waals surface area contributed by atoms with Gasteiger partial charge >= 0.3 is 5.76 Å². The van der Waals surface area contributed by atoms with Gasteiger partial charge in [-0.2, -0.15) is 9.94 Å². The van der Waals surface area contributed by atoms with Crippen molar-refractivity contribution in [2.75, 3.05) is 0 Å². The Labute approximate surface area is 159 Å². The molecule has 0 radical (unpaired) electrons. The first-order valence-electron chi connectivity index (χ1n) is 7.69. The van der Waals surface area contributed by atoms with Crippen LogP contribution in [0.5, 0.6) is 5.75 Å². The SMILES string of the molecule is N#CCCn1nc(-c2ccc(OCc3ccc(Cl)cc3Cl)cc2)oc1=O. The van der Waals surface area contributed by atoms with Gasteiger partial charge in [-0.3, -0.25) is 0 Å². The number of nitriles is 1. The molecule has 3 rings (SSSR count). The van der Waals surface area contributed by atoms with Crippen LogP contribution in [0.4, 0.5) is 0 Å². The molecule has 0 aliphatic carbocycles. The molecule has 1 aromatic heterocycles. The Balaban J connectivity index is 1.69. The van der Waals surface area contributed by atoms with E-state index in [0.29, 0.717) is 28.0 Å². The predicted octanol–water partition coefficient (Wildman–Crippen LogP) is 4.30. The van der Waals surface area contributed by atoms with Gasteiger partial charge in [-0.25, -0.2) is 4.79 Å². The summed E-state index contributed by atoms with van der Waals surface area (Å²) in [6.45, 7) is 0.495. The molecule has 0 saturated heterocycles. The zero-order valence-corrected chi connectivity index (χ0v) is 15.0. The van der Waals surface area contributed by atoms with Gasteiger partial charge in [0.15, 0.2) is 0 Å². The highest BCUT2D eigenvalue weighted by Crippen LogP contribution is 2.24. The molecular weight excluding hydrogens is 377 g/mol. The molecule has 0 amide bonds. The number of ether oxygens (including phenoxy) is 1. The Morgan fingerprint density at radius 3 is 2.65 bits per heavy atom. The zero-order valence-electron chi connectivity index (χ0n) is 13.5. The third-order valence-electron chi connectivity index (χ3n) is 3.55. The van der Waals surface area contributed by atoms with Crippen molar-refractivity contribution in [3.63, 3.8) is 0 Å². The molecule has 0 N–H and O–H groups in total. The minimum atomic E-state index is -0.590. The van der Waals surface area contributed by atoms with Crippen LogP contribution in [0.1, 0.15) is 12.0 Å². The van der Waals surface area contributed by atoms with Crippen LogP contribution < -0.4 is 10.5 Å². The number of hydrogen-bond acceptors (Lipinski definition) is 5. The van der Waals surface area contributed by atoms with Crippen molar-refractivity contribution < 1.29 is 9.15 Å². The van der Waals surface area contributed by atoms with Crippen LogP contribution in [-0.2, 0) is 13.2 Å². The van der Waals surface area contributed by atoms with E-state index in [1.54, 1.807) is 36.4 Å². The van der Waals surface area contributed by atoms with Gasteiger partial charge in [0.05, 0.1) is 19.0 Å². The maximum absolute atomic E-state index is 11.7. The molecule has 0 atom stereocenters. The van der Waals surface area contributed by atoms with Gasteiger partial charge in [0, 0.05) is 21.2 Å². The number of rotatable bonds is 6. The zero-order chi connectivity index (χ0) is 18.5. The highest BCUT2D eigenvalue weighted by atomic mass is 35.5. The molecule has 3 aromatic rings. The fourth-order valence-electron chi connectivity index (χ4n) is 2.21. The van der Waals surface area contributed by atoms with Crippen molar-refractivity contribution in [3.05, 3.63) is 68.6 Å². The predicted molar refractivity (Wildman–Crippen MR) is 97.2 cm³/mol. The second-order valence-electron chi connectivity index (χ2n) is 5.35. The van der Waals surface area contributed by atoms with Crippen molar-refractivity contribution in [2.45, 2.75) is 19.6 Å². The lowest BCUT2D eigenvalue weighted by Crippen LogP contribution is -2.15. The van der Waals surface area contributed by atoms with Crippen molar-refractivity contribution in [3.8, 4) is 23.3 Å². The third kappa shape index (κ3) is 4.26. The molecule has 0 aliphatic heterocycles. The molecule has 0 bridgehead atoms. The van der Waals surface area contributed by atoms with E-state index in [4.69, 9.17) is 37.6 Å². The Morgan fingerprint density at radius 1 is 1.19 bits per heavy atom. The average molecular weight is 390 g/mol. The van der Waals surface area contributed by atoms with Crippen LogP contribution in [0.15, 0.2) is 51.7 Å². The topological polar surface area (TPSA) is 81.1 Å². The van der Waals surface area contributed by atoms with Gasteiger partial charge in [-0.05, 0) is 36.4 Å². The van der Waals surface area contributed by atoms with Crippen LogP contribution >= 0.6 is 23.2 Å². The number of hydrogen-bond donors (Lipinski definition) is 0. The first-order chi connectivity index (χ1) is 12.6. The van der Waals surface area contributed by atoms with E-state index in [1.165, 1.54) is 0 Å². The first kappa shape index (κ1) is 18.1. The number of aromatic nitrogens is 2. The second kappa shape index (κ2) is 8.09. The molecule has 0 aliphatic rings. The van der Waals surface area contributed by atoms with E-state index in [2.05, 4.69) is 5.10 Å². The molecule has 132 valence electrons. The van der Waals surface area contributed by atoms with Crippen molar-refractivity contribution in [1.29, 1.82) is 5.26 Å². The normalized spacial score (nSPS) is 10.5. The molecular formula is C18H13Cl2N3O3. The highest BCUT2D eigenvalue weighted by molar-refractivity contribution is 6.35. The molecule has 0 unspecified atom stereocenters. The molecule has 0 spiro atoms. The fourth-order valence-corrected chi connectivity index (χ4v) is 2.68. The summed E-state index contributed by atoms with van der Waals surface area (Å²) in [7, 11) is 0. The standard InChI is InChI=1S/C18H13Cl2N3O3/c19-14-5-2-13(16(20)10-14)11-25-15-6-3-12(4-7-15)17-22-23(9-1-8-21)18(24)26-17/h2-7,10H,1,9,11H2. The first-order valence-corrected chi connectivity index (χ1v) is 8.44. The van der Waals surface area contributed by atoms with Gasteiger partial charge < -0.3 is 9.15 Å². The average Bonchev–Trinajstić information content (AvgIpc) is 3.00. The van der Waals surface area contributed by atoms with E-state index < -0.39 is 5.76 Å². The van der Waals surface area contributed by atoms with Gasteiger partial charge in [0.2, 0.25) is 5.89 Å². The van der Waals surface area contributed by atoms with Gasteiger partial charge in [0.25, 0.3) is 0 Å². The van der Waals surface area contributed by atoms with E-state index in [-0.39, 0.29) is 18.9 Å². The largest absolute Gasteiger partial charge is 0.489 e. The summed E-state index contributed by atoms with van der Waals surface area (Å²) in [4.78, 5) is 11.7. The van der Waals surface area contributed by atoms with E-state index >= 15 is 0 Å². The molecule has 8 heteroatoms. The summed E-state index contributed by atoms with van der Waals surface area (Å²) in [5.41, 5.74) is 1.46. The van der Waals surface area contributed by atoms with E-state index in [1.807, 2.05) is 12.1 Å². The lowest BCUT2D eigenvalue weighted by molar-refractivity contribution is 0.306. The Kier molecular flexibility index (Phi) is 5.61. The summed E-state index contributed by atoms with van der Waals surface area (Å²) >= 11 is 12.0. The summed E-state index contributed by atoms with van der Waals surface area (Å²) in [6, 6.07) is 14.1. The molecule has 1 heterocycles. The Bertz CT molecular complexity index is 1000. The maximum Gasteiger partial charge on any atom is 0.437 e. The number of aryl methyl sites for hydroxylation is 1. The van der Waals surface area contributed by atoms with Crippen molar-refractivity contribution >= 4 is 23.2 Å². The minimum absolute atomic E-state index is 0.186. The Hall–Kier alpha value is -2.75. The third-order valence-corrected chi connectivity index (χ3v) is 4.14. The summed E-state index contributed by atoms with van der Waals surface area (Å²) < 4.78 is 11.9. The number of benzene rings is 2. The highest BCUT2D eigenvalue weighted by Gasteiger charge is 2.10. The maximum atomic E-state index is 11.7. The Morgan fingerprint density at radius 2 is 1.96 bits per heavy atom. The smallest absolute Gasteiger partial charge is 0.437 e. The lowest BCUT2D eigenvalue weighted by atomic mass is 10.2. The summed E-state index contributed by atoms with van der Waals surface area (Å²) in [6.07, 6.45) is 0.186. The fraction of sp³-hybridized carbons (Fsp3) is 0.167. The van der Waals surface area contributed by atoms with Gasteiger partial charge in [-0.1, -0.05) is 29.3 Å². The molecule has 26 heavy (non-hydrogen) atoms. The van der Waals surface area contributed by atoms with Crippen LogP contribution in [0.2, 0.25) is 10.0 Å².